The Hall–Kier alpha value is -0.830. The number of halogens is 2. The number of anilines is 2. The molecule has 1 aliphatic heterocycles. The second-order valence-corrected chi connectivity index (χ2v) is 7.51. The number of benzene rings is 2. The lowest BCUT2D eigenvalue weighted by Crippen LogP contribution is -2.26. The highest BCUT2D eigenvalue weighted by Gasteiger charge is 2.56. The summed E-state index contributed by atoms with van der Waals surface area (Å²) >= 11 is 14.4. The van der Waals surface area contributed by atoms with Crippen LogP contribution < -0.4 is 4.90 Å². The van der Waals surface area contributed by atoms with E-state index in [0.717, 1.165) is 6.42 Å². The highest BCUT2D eigenvalue weighted by Crippen LogP contribution is 2.58. The van der Waals surface area contributed by atoms with E-state index >= 15 is 0 Å². The summed E-state index contributed by atoms with van der Waals surface area (Å²) < 4.78 is -0.623. The first kappa shape index (κ1) is 12.0. The van der Waals surface area contributed by atoms with Gasteiger partial charge in [-0.05, 0) is 24.3 Å². The molecule has 4 heteroatoms. The number of hydrogen-bond donors (Lipinski definition) is 0. The van der Waals surface area contributed by atoms with Gasteiger partial charge in [0.2, 0.25) is 0 Å². The SMILES string of the molecule is ClC1(Cl)CC1N1c2ccccc2Sc2ccccc21. The van der Waals surface area contributed by atoms with E-state index < -0.39 is 4.33 Å². The molecule has 0 radical (unpaired) electrons. The molecule has 4 rings (SSSR count). The zero-order chi connectivity index (χ0) is 13.0. The van der Waals surface area contributed by atoms with Crippen LogP contribution in [0.15, 0.2) is 58.3 Å². The molecule has 1 saturated carbocycles. The third-order valence-corrected chi connectivity index (χ3v) is 5.52. The van der Waals surface area contributed by atoms with E-state index in [-0.39, 0.29) is 6.04 Å². The van der Waals surface area contributed by atoms with Crippen molar-refractivity contribution in [3.8, 4) is 0 Å². The van der Waals surface area contributed by atoms with Crippen LogP contribution in [0.25, 0.3) is 0 Å². The van der Waals surface area contributed by atoms with Gasteiger partial charge in [0, 0.05) is 16.2 Å². The first-order valence-corrected chi connectivity index (χ1v) is 7.77. The maximum atomic E-state index is 6.29. The average Bonchev–Trinajstić information content (AvgIpc) is 3.04. The largest absolute Gasteiger partial charge is 0.333 e. The standard InChI is InChI=1S/C15H11Cl2NS/c16-15(17)9-14(15)18-10-5-1-3-7-12(10)19-13-8-4-2-6-11(13)18/h1-8,14H,9H2. The van der Waals surface area contributed by atoms with Gasteiger partial charge in [-0.25, -0.2) is 0 Å². The van der Waals surface area contributed by atoms with Gasteiger partial charge in [-0.2, -0.15) is 0 Å². The lowest BCUT2D eigenvalue weighted by Gasteiger charge is -2.33. The maximum absolute atomic E-state index is 6.29. The Morgan fingerprint density at radius 1 is 0.947 bits per heavy atom. The molecule has 1 unspecified atom stereocenters. The van der Waals surface area contributed by atoms with E-state index in [1.807, 2.05) is 0 Å². The van der Waals surface area contributed by atoms with Crippen molar-refractivity contribution in [3.05, 3.63) is 48.5 Å². The summed E-state index contributed by atoms with van der Waals surface area (Å²) in [5.41, 5.74) is 2.42. The van der Waals surface area contributed by atoms with Crippen molar-refractivity contribution in [1.29, 1.82) is 0 Å². The van der Waals surface area contributed by atoms with Crippen molar-refractivity contribution in [1.82, 2.24) is 0 Å². The molecular formula is C15H11Cl2NS. The van der Waals surface area contributed by atoms with Crippen molar-refractivity contribution in [2.24, 2.45) is 0 Å². The van der Waals surface area contributed by atoms with E-state index in [4.69, 9.17) is 23.2 Å². The Kier molecular flexibility index (Phi) is 2.57. The fourth-order valence-electron chi connectivity index (χ4n) is 2.55. The van der Waals surface area contributed by atoms with Gasteiger partial charge in [-0.15, -0.1) is 0 Å². The molecule has 96 valence electrons. The van der Waals surface area contributed by atoms with Crippen molar-refractivity contribution in [2.45, 2.75) is 26.6 Å². The highest BCUT2D eigenvalue weighted by atomic mass is 35.5. The van der Waals surface area contributed by atoms with Crippen molar-refractivity contribution < 1.29 is 0 Å². The lowest BCUT2D eigenvalue weighted by molar-refractivity contribution is 0.922. The molecule has 1 nitrogen and oxygen atoms in total. The van der Waals surface area contributed by atoms with Gasteiger partial charge >= 0.3 is 0 Å². The lowest BCUT2D eigenvalue weighted by atomic mass is 10.2. The third-order valence-electron chi connectivity index (χ3n) is 3.57. The van der Waals surface area contributed by atoms with Gasteiger partial charge in [0.1, 0.15) is 4.33 Å². The summed E-state index contributed by atoms with van der Waals surface area (Å²) in [4.78, 5) is 4.82. The molecule has 1 heterocycles. The van der Waals surface area contributed by atoms with Crippen LogP contribution in [-0.2, 0) is 0 Å². The quantitative estimate of drug-likeness (QED) is 0.663. The Balaban J connectivity index is 1.89. The summed E-state index contributed by atoms with van der Waals surface area (Å²) in [7, 11) is 0. The zero-order valence-corrected chi connectivity index (χ0v) is 12.3. The molecule has 0 saturated heterocycles. The molecule has 0 aromatic heterocycles. The summed E-state index contributed by atoms with van der Waals surface area (Å²) in [6, 6.07) is 17.0. The number of alkyl halides is 2. The second kappa shape index (κ2) is 4.08. The molecule has 0 amide bonds. The smallest absolute Gasteiger partial charge is 0.141 e. The molecular weight excluding hydrogens is 297 g/mol. The van der Waals surface area contributed by atoms with Crippen LogP contribution in [-0.4, -0.2) is 10.4 Å². The van der Waals surface area contributed by atoms with Crippen LogP contribution in [0.4, 0.5) is 11.4 Å². The van der Waals surface area contributed by atoms with E-state index in [9.17, 15) is 0 Å². The van der Waals surface area contributed by atoms with Crippen LogP contribution >= 0.6 is 35.0 Å². The van der Waals surface area contributed by atoms with Crippen molar-refractivity contribution >= 4 is 46.3 Å². The van der Waals surface area contributed by atoms with Gasteiger partial charge in [0.15, 0.2) is 0 Å². The van der Waals surface area contributed by atoms with E-state index in [1.165, 1.54) is 21.2 Å². The summed E-state index contributed by atoms with van der Waals surface area (Å²) in [5, 5.41) is 0. The molecule has 19 heavy (non-hydrogen) atoms. The number of rotatable bonds is 1. The maximum Gasteiger partial charge on any atom is 0.141 e. The topological polar surface area (TPSA) is 3.24 Å². The molecule has 0 N–H and O–H groups in total. The first-order valence-electron chi connectivity index (χ1n) is 6.20. The monoisotopic (exact) mass is 307 g/mol. The number of nitrogens with zero attached hydrogens (tertiary/aromatic N) is 1. The van der Waals surface area contributed by atoms with E-state index in [0.29, 0.717) is 0 Å². The van der Waals surface area contributed by atoms with Crippen LogP contribution in [0.3, 0.4) is 0 Å². The van der Waals surface area contributed by atoms with Gasteiger partial charge in [-0.3, -0.25) is 0 Å². The molecule has 0 bridgehead atoms. The molecule has 1 aliphatic carbocycles. The van der Waals surface area contributed by atoms with Crippen LogP contribution in [0.5, 0.6) is 0 Å². The Labute approximate surface area is 126 Å². The van der Waals surface area contributed by atoms with Gasteiger partial charge in [0.25, 0.3) is 0 Å². The Morgan fingerprint density at radius 3 is 1.89 bits per heavy atom. The third kappa shape index (κ3) is 1.85. The number of para-hydroxylation sites is 2. The predicted molar refractivity (Wildman–Crippen MR) is 82.0 cm³/mol. The highest BCUT2D eigenvalue weighted by molar-refractivity contribution is 7.99. The molecule has 0 spiro atoms. The Bertz CT molecular complexity index is 611. The van der Waals surface area contributed by atoms with E-state index in [1.54, 1.807) is 11.8 Å². The number of fused-ring (bicyclic) bond motifs is 2. The van der Waals surface area contributed by atoms with Crippen LogP contribution in [0, 0.1) is 0 Å². The summed E-state index contributed by atoms with van der Waals surface area (Å²) in [5.74, 6) is 0. The molecule has 1 atom stereocenters. The molecule has 2 aromatic rings. The van der Waals surface area contributed by atoms with Gasteiger partial charge in [-0.1, -0.05) is 59.2 Å². The van der Waals surface area contributed by atoms with Crippen LogP contribution in [0.2, 0.25) is 0 Å². The normalized spacial score (nSPS) is 22.6. The summed E-state index contributed by atoms with van der Waals surface area (Å²) in [6.45, 7) is 0. The van der Waals surface area contributed by atoms with Gasteiger partial charge < -0.3 is 4.90 Å². The minimum atomic E-state index is -0.623. The Morgan fingerprint density at radius 2 is 1.42 bits per heavy atom. The minimum absolute atomic E-state index is 0.166. The van der Waals surface area contributed by atoms with Gasteiger partial charge in [0.05, 0.1) is 17.4 Å². The van der Waals surface area contributed by atoms with Crippen molar-refractivity contribution in [3.63, 3.8) is 0 Å². The van der Waals surface area contributed by atoms with Crippen LogP contribution in [0.1, 0.15) is 6.42 Å². The average molecular weight is 308 g/mol. The fraction of sp³-hybridized carbons (Fsp3) is 0.200. The minimum Gasteiger partial charge on any atom is -0.333 e. The molecule has 1 fully saturated rings. The first-order chi connectivity index (χ1) is 9.17. The zero-order valence-electron chi connectivity index (χ0n) is 10.0. The molecule has 2 aromatic carbocycles. The second-order valence-electron chi connectivity index (χ2n) is 4.89. The molecule has 2 aliphatic rings. The summed E-state index contributed by atoms with van der Waals surface area (Å²) in [6.07, 6.45) is 0.809. The van der Waals surface area contributed by atoms with E-state index in [2.05, 4.69) is 53.4 Å². The van der Waals surface area contributed by atoms with Crippen molar-refractivity contribution in [2.75, 3.05) is 4.90 Å². The predicted octanol–water partition coefficient (Wildman–Crippen LogP) is 5.24. The fourth-order valence-corrected chi connectivity index (χ4v) is 4.11. The number of hydrogen-bond acceptors (Lipinski definition) is 2.